The number of ether oxygens (including phenoxy) is 1. The third-order valence-corrected chi connectivity index (χ3v) is 5.94. The molecule has 0 spiro atoms. The Labute approximate surface area is 150 Å². The SMILES string of the molecule is COc1ccc(CCNC(=O)CN2C[C@H](C)[C@@](O)(C3CCC3)C2)cc1. The lowest BCUT2D eigenvalue weighted by atomic mass is 9.69. The average Bonchev–Trinajstić information content (AvgIpc) is 2.80. The second-order valence-electron chi connectivity index (χ2n) is 7.64. The Balaban J connectivity index is 1.40. The molecule has 1 aromatic carbocycles. The summed E-state index contributed by atoms with van der Waals surface area (Å²) in [5.41, 5.74) is 0.581. The molecule has 1 heterocycles. The van der Waals surface area contributed by atoms with Crippen molar-refractivity contribution >= 4 is 5.91 Å². The van der Waals surface area contributed by atoms with E-state index < -0.39 is 5.60 Å². The lowest BCUT2D eigenvalue weighted by Gasteiger charge is -2.41. The zero-order valence-electron chi connectivity index (χ0n) is 15.3. The van der Waals surface area contributed by atoms with Crippen LogP contribution in [0.5, 0.6) is 5.75 Å². The van der Waals surface area contributed by atoms with Crippen LogP contribution in [0.3, 0.4) is 0 Å². The molecule has 0 radical (unpaired) electrons. The van der Waals surface area contributed by atoms with Gasteiger partial charge in [0, 0.05) is 19.6 Å². The van der Waals surface area contributed by atoms with Gasteiger partial charge in [0.15, 0.2) is 0 Å². The molecule has 1 aromatic rings. The van der Waals surface area contributed by atoms with Gasteiger partial charge in [-0.25, -0.2) is 0 Å². The van der Waals surface area contributed by atoms with Gasteiger partial charge in [-0.3, -0.25) is 9.69 Å². The molecule has 5 nitrogen and oxygen atoms in total. The number of hydrogen-bond acceptors (Lipinski definition) is 4. The van der Waals surface area contributed by atoms with Crippen LogP contribution in [0.2, 0.25) is 0 Å². The molecule has 5 heteroatoms. The second-order valence-corrected chi connectivity index (χ2v) is 7.64. The van der Waals surface area contributed by atoms with E-state index in [4.69, 9.17) is 4.74 Å². The van der Waals surface area contributed by atoms with Crippen LogP contribution < -0.4 is 10.1 Å². The molecular weight excluding hydrogens is 316 g/mol. The van der Waals surface area contributed by atoms with E-state index in [1.807, 2.05) is 24.3 Å². The molecule has 138 valence electrons. The lowest BCUT2D eigenvalue weighted by molar-refractivity contribution is -0.122. The molecule has 0 bridgehead atoms. The molecule has 0 aromatic heterocycles. The highest BCUT2D eigenvalue weighted by Gasteiger charge is 2.49. The number of β-amino-alcohol motifs (C(OH)–C–C–N with tert-alkyl or cyclic N) is 1. The first-order valence-electron chi connectivity index (χ1n) is 9.35. The fourth-order valence-corrected chi connectivity index (χ4v) is 4.08. The van der Waals surface area contributed by atoms with Crippen LogP contribution in [0.25, 0.3) is 0 Å². The molecule has 1 amide bonds. The largest absolute Gasteiger partial charge is 0.497 e. The summed E-state index contributed by atoms with van der Waals surface area (Å²) in [6.45, 7) is 4.55. The third kappa shape index (κ3) is 4.15. The summed E-state index contributed by atoms with van der Waals surface area (Å²) < 4.78 is 5.14. The van der Waals surface area contributed by atoms with E-state index in [-0.39, 0.29) is 11.8 Å². The summed E-state index contributed by atoms with van der Waals surface area (Å²) in [5, 5.41) is 13.9. The number of carbonyl (C=O) groups is 1. The first kappa shape index (κ1) is 18.2. The van der Waals surface area contributed by atoms with E-state index in [0.29, 0.717) is 25.6 Å². The number of likely N-dealkylation sites (tertiary alicyclic amines) is 1. The highest BCUT2D eigenvalue weighted by atomic mass is 16.5. The second kappa shape index (κ2) is 7.75. The predicted molar refractivity (Wildman–Crippen MR) is 97.6 cm³/mol. The number of amides is 1. The number of methoxy groups -OCH3 is 1. The van der Waals surface area contributed by atoms with E-state index in [1.54, 1.807) is 7.11 Å². The van der Waals surface area contributed by atoms with Gasteiger partial charge >= 0.3 is 0 Å². The van der Waals surface area contributed by atoms with E-state index in [0.717, 1.165) is 31.6 Å². The lowest BCUT2D eigenvalue weighted by Crippen LogP contribution is -2.48. The van der Waals surface area contributed by atoms with Gasteiger partial charge in [-0.15, -0.1) is 0 Å². The van der Waals surface area contributed by atoms with Gasteiger partial charge in [0.05, 0.1) is 19.3 Å². The van der Waals surface area contributed by atoms with E-state index in [9.17, 15) is 9.90 Å². The van der Waals surface area contributed by atoms with Gasteiger partial charge in [-0.2, -0.15) is 0 Å². The Morgan fingerprint density at radius 1 is 1.36 bits per heavy atom. The molecule has 1 aliphatic heterocycles. The summed E-state index contributed by atoms with van der Waals surface area (Å²) in [5.74, 6) is 1.55. The van der Waals surface area contributed by atoms with E-state index in [2.05, 4.69) is 17.1 Å². The zero-order chi connectivity index (χ0) is 17.9. The quantitative estimate of drug-likeness (QED) is 0.791. The summed E-state index contributed by atoms with van der Waals surface area (Å²) in [7, 11) is 1.65. The van der Waals surface area contributed by atoms with Crippen LogP contribution in [0.15, 0.2) is 24.3 Å². The zero-order valence-corrected chi connectivity index (χ0v) is 15.3. The van der Waals surface area contributed by atoms with Crippen molar-refractivity contribution in [3.05, 3.63) is 29.8 Å². The maximum atomic E-state index is 12.2. The topological polar surface area (TPSA) is 61.8 Å². The van der Waals surface area contributed by atoms with Crippen molar-refractivity contribution in [1.29, 1.82) is 0 Å². The number of rotatable bonds is 7. The highest BCUT2D eigenvalue weighted by molar-refractivity contribution is 5.78. The minimum atomic E-state index is -0.596. The van der Waals surface area contributed by atoms with Crippen molar-refractivity contribution in [3.8, 4) is 5.75 Å². The smallest absolute Gasteiger partial charge is 0.234 e. The number of aliphatic hydroxyl groups is 1. The maximum absolute atomic E-state index is 12.2. The Morgan fingerprint density at radius 2 is 2.08 bits per heavy atom. The van der Waals surface area contributed by atoms with Crippen molar-refractivity contribution in [2.75, 3.05) is 33.3 Å². The van der Waals surface area contributed by atoms with Crippen molar-refractivity contribution in [2.24, 2.45) is 11.8 Å². The van der Waals surface area contributed by atoms with Crippen LogP contribution in [0.1, 0.15) is 31.7 Å². The van der Waals surface area contributed by atoms with Crippen LogP contribution in [0, 0.1) is 11.8 Å². The maximum Gasteiger partial charge on any atom is 0.234 e. The van der Waals surface area contributed by atoms with Crippen molar-refractivity contribution in [2.45, 2.75) is 38.2 Å². The molecule has 1 saturated carbocycles. The molecule has 2 atom stereocenters. The summed E-state index contributed by atoms with van der Waals surface area (Å²) >= 11 is 0. The number of carbonyl (C=O) groups excluding carboxylic acids is 1. The first-order valence-corrected chi connectivity index (χ1v) is 9.35. The van der Waals surface area contributed by atoms with Gasteiger partial charge in [0.1, 0.15) is 5.75 Å². The van der Waals surface area contributed by atoms with Gasteiger partial charge in [0.25, 0.3) is 0 Å². The molecular formula is C20H30N2O3. The number of benzene rings is 1. The average molecular weight is 346 g/mol. The number of nitrogens with zero attached hydrogens (tertiary/aromatic N) is 1. The molecule has 2 fully saturated rings. The fraction of sp³-hybridized carbons (Fsp3) is 0.650. The summed E-state index contributed by atoms with van der Waals surface area (Å²) in [4.78, 5) is 14.3. The Hall–Kier alpha value is -1.59. The highest BCUT2D eigenvalue weighted by Crippen LogP contribution is 2.43. The Bertz CT molecular complexity index is 585. The number of nitrogens with one attached hydrogen (secondary N) is 1. The molecule has 3 rings (SSSR count). The van der Waals surface area contributed by atoms with E-state index in [1.165, 1.54) is 12.0 Å². The van der Waals surface area contributed by atoms with Gasteiger partial charge in [-0.05, 0) is 48.8 Å². The number of hydrogen-bond donors (Lipinski definition) is 2. The van der Waals surface area contributed by atoms with Crippen molar-refractivity contribution in [3.63, 3.8) is 0 Å². The Morgan fingerprint density at radius 3 is 2.68 bits per heavy atom. The monoisotopic (exact) mass is 346 g/mol. The summed E-state index contributed by atoms with van der Waals surface area (Å²) in [6, 6.07) is 7.91. The van der Waals surface area contributed by atoms with Gasteiger partial charge < -0.3 is 15.2 Å². The van der Waals surface area contributed by atoms with E-state index >= 15 is 0 Å². The minimum Gasteiger partial charge on any atom is -0.497 e. The standard InChI is InChI=1S/C20H30N2O3/c1-15-12-22(14-20(15,24)17-4-3-5-17)13-19(23)21-11-10-16-6-8-18(25-2)9-7-16/h6-9,15,17,24H,3-5,10-14H2,1-2H3,(H,21,23)/t15-,20+/m0/s1. The molecule has 1 aliphatic carbocycles. The fourth-order valence-electron chi connectivity index (χ4n) is 4.08. The molecule has 2 aliphatic rings. The molecule has 0 unspecified atom stereocenters. The normalized spacial score (nSPS) is 27.1. The van der Waals surface area contributed by atoms with Gasteiger partial charge in [0.2, 0.25) is 5.91 Å². The third-order valence-electron chi connectivity index (χ3n) is 5.94. The predicted octanol–water partition coefficient (Wildman–Crippen LogP) is 1.84. The molecule has 25 heavy (non-hydrogen) atoms. The van der Waals surface area contributed by atoms with Crippen molar-refractivity contribution in [1.82, 2.24) is 10.2 Å². The first-order chi connectivity index (χ1) is 12.0. The van der Waals surface area contributed by atoms with Crippen LogP contribution in [-0.4, -0.2) is 54.8 Å². The van der Waals surface area contributed by atoms with Crippen LogP contribution in [-0.2, 0) is 11.2 Å². The Kier molecular flexibility index (Phi) is 5.64. The molecule has 1 saturated heterocycles. The van der Waals surface area contributed by atoms with Crippen LogP contribution in [0.4, 0.5) is 0 Å². The van der Waals surface area contributed by atoms with Gasteiger partial charge in [-0.1, -0.05) is 25.5 Å². The minimum absolute atomic E-state index is 0.0403. The van der Waals surface area contributed by atoms with Crippen molar-refractivity contribution < 1.29 is 14.6 Å². The molecule has 2 N–H and O–H groups in total. The summed E-state index contributed by atoms with van der Waals surface area (Å²) in [6.07, 6.45) is 4.29. The van der Waals surface area contributed by atoms with Crippen LogP contribution >= 0.6 is 0 Å².